The van der Waals surface area contributed by atoms with E-state index in [9.17, 15) is 0 Å². The average Bonchev–Trinajstić information content (AvgIpc) is 2.70. The molecule has 1 heterocycles. The number of nitrogens with one attached hydrogen (secondary N) is 2. The molecule has 0 spiro atoms. The van der Waals surface area contributed by atoms with Crippen molar-refractivity contribution in [1.82, 2.24) is 0 Å². The van der Waals surface area contributed by atoms with E-state index in [1.807, 2.05) is 0 Å². The molecule has 0 aliphatic carbocycles. The molecule has 3 aromatic carbocycles. The fourth-order valence-corrected chi connectivity index (χ4v) is 8.68. The van der Waals surface area contributed by atoms with Crippen molar-refractivity contribution in [2.75, 3.05) is 19.2 Å². The first-order valence-electron chi connectivity index (χ1n) is 9.60. The summed E-state index contributed by atoms with van der Waals surface area (Å²) in [5.74, 6) is 0. The van der Waals surface area contributed by atoms with Crippen LogP contribution in [0.15, 0.2) is 91.0 Å². The van der Waals surface area contributed by atoms with Gasteiger partial charge in [0.15, 0.2) is 0 Å². The molecule has 0 bridgehead atoms. The lowest BCUT2D eigenvalue weighted by atomic mass is 10.2. The second-order valence-corrected chi connectivity index (χ2v) is 12.6. The van der Waals surface area contributed by atoms with Crippen LogP contribution in [0, 0.1) is 0 Å². The van der Waals surface area contributed by atoms with Crippen LogP contribution in [0.5, 0.6) is 0 Å². The van der Waals surface area contributed by atoms with Gasteiger partial charge in [0.25, 0.3) is 0 Å². The maximum atomic E-state index is 6.38. The molecule has 138 valence electrons. The second-order valence-electron chi connectivity index (χ2n) is 7.54. The largest absolute Gasteiger partial charge is 0.280 e. The molecule has 1 saturated heterocycles. The summed E-state index contributed by atoms with van der Waals surface area (Å²) in [6, 6.07) is 31.0. The summed E-state index contributed by atoms with van der Waals surface area (Å²) in [7, 11) is 0. The number of rotatable bonds is 5. The zero-order chi connectivity index (χ0) is 18.5. The Kier molecular flexibility index (Phi) is 5.85. The van der Waals surface area contributed by atoms with E-state index in [2.05, 4.69) is 91.0 Å². The van der Waals surface area contributed by atoms with Crippen molar-refractivity contribution < 1.29 is 9.80 Å². The van der Waals surface area contributed by atoms with Crippen molar-refractivity contribution in [3.05, 3.63) is 102 Å². The van der Waals surface area contributed by atoms with Gasteiger partial charge in [-0.15, -0.1) is 0 Å². The molecule has 0 radical (unpaired) electrons. The molecule has 2 N–H and O–H groups in total. The smallest absolute Gasteiger partial charge is 0.205 e. The standard InChI is InChI=1S/C23H25N2PS/c27-26(23-14-8-3-9-15-23)19-24(16-21-10-4-1-5-11-21)18-25(20-26)17-22-12-6-2-7-13-22/h1-15H,16-20H2/p+2. The molecule has 1 fully saturated rings. The first-order chi connectivity index (χ1) is 13.2. The Morgan fingerprint density at radius 1 is 0.630 bits per heavy atom. The van der Waals surface area contributed by atoms with E-state index in [1.165, 1.54) is 16.4 Å². The molecule has 4 rings (SSSR count). The van der Waals surface area contributed by atoms with Crippen molar-refractivity contribution in [3.8, 4) is 0 Å². The Labute approximate surface area is 167 Å². The van der Waals surface area contributed by atoms with Gasteiger partial charge in [-0.2, -0.15) is 0 Å². The van der Waals surface area contributed by atoms with Gasteiger partial charge in [0, 0.05) is 11.1 Å². The SMILES string of the molecule is S=P1(c2ccccc2)C[NH+](Cc2ccccc2)C[NH+](Cc2ccccc2)C1. The highest BCUT2D eigenvalue weighted by atomic mass is 32.4. The van der Waals surface area contributed by atoms with Crippen LogP contribution in [0.4, 0.5) is 0 Å². The van der Waals surface area contributed by atoms with E-state index in [0.717, 1.165) is 32.3 Å². The third kappa shape index (κ3) is 4.75. The third-order valence-electron chi connectivity index (χ3n) is 5.28. The predicted octanol–water partition coefficient (Wildman–Crippen LogP) is 1.85. The predicted molar refractivity (Wildman–Crippen MR) is 117 cm³/mol. The number of hydrogen-bond acceptors (Lipinski definition) is 1. The molecule has 0 saturated carbocycles. The molecule has 1 aliphatic heterocycles. The number of hydrogen-bond donors (Lipinski definition) is 2. The molecule has 0 aromatic heterocycles. The maximum absolute atomic E-state index is 6.38. The van der Waals surface area contributed by atoms with Gasteiger partial charge in [0.1, 0.15) is 25.7 Å². The zero-order valence-corrected chi connectivity index (χ0v) is 17.3. The Morgan fingerprint density at radius 3 is 1.48 bits per heavy atom. The van der Waals surface area contributed by atoms with Crippen LogP contribution in [-0.2, 0) is 24.9 Å². The summed E-state index contributed by atoms with van der Waals surface area (Å²) in [4.78, 5) is 3.23. The molecule has 3 aromatic rings. The summed E-state index contributed by atoms with van der Waals surface area (Å²) < 4.78 is 0. The summed E-state index contributed by atoms with van der Waals surface area (Å²) in [6.07, 6.45) is 2.22. The van der Waals surface area contributed by atoms with Crippen LogP contribution >= 0.6 is 6.04 Å². The van der Waals surface area contributed by atoms with Crippen molar-refractivity contribution in [2.24, 2.45) is 0 Å². The maximum Gasteiger partial charge on any atom is 0.205 e. The van der Waals surface area contributed by atoms with Gasteiger partial charge < -0.3 is 0 Å². The molecule has 27 heavy (non-hydrogen) atoms. The minimum Gasteiger partial charge on any atom is -0.280 e. The molecular weight excluding hydrogens is 367 g/mol. The molecule has 2 atom stereocenters. The molecule has 2 unspecified atom stereocenters. The summed E-state index contributed by atoms with van der Waals surface area (Å²) in [5, 5.41) is 1.40. The van der Waals surface area contributed by atoms with Crippen LogP contribution in [0.1, 0.15) is 11.1 Å². The Balaban J connectivity index is 1.59. The van der Waals surface area contributed by atoms with E-state index >= 15 is 0 Å². The molecule has 2 nitrogen and oxygen atoms in total. The summed E-state index contributed by atoms with van der Waals surface area (Å²) >= 11 is 6.38. The second kappa shape index (κ2) is 8.50. The van der Waals surface area contributed by atoms with Gasteiger partial charge >= 0.3 is 0 Å². The molecule has 1 aliphatic rings. The fourth-order valence-electron chi connectivity index (χ4n) is 4.13. The highest BCUT2D eigenvalue weighted by molar-refractivity contribution is 8.18. The minimum atomic E-state index is -1.59. The lowest BCUT2D eigenvalue weighted by molar-refractivity contribution is -1.10. The van der Waals surface area contributed by atoms with E-state index in [-0.39, 0.29) is 0 Å². The van der Waals surface area contributed by atoms with Gasteiger partial charge in [-0.05, 0) is 5.30 Å². The van der Waals surface area contributed by atoms with Gasteiger partial charge in [0.2, 0.25) is 6.67 Å². The summed E-state index contributed by atoms with van der Waals surface area (Å²) in [6.45, 7) is 3.25. The average molecular weight is 395 g/mol. The Hall–Kier alpha value is -1.77. The van der Waals surface area contributed by atoms with Crippen LogP contribution in [-0.4, -0.2) is 19.2 Å². The zero-order valence-electron chi connectivity index (χ0n) is 15.6. The van der Waals surface area contributed by atoms with E-state index in [0.29, 0.717) is 0 Å². The van der Waals surface area contributed by atoms with Crippen molar-refractivity contribution in [1.29, 1.82) is 0 Å². The van der Waals surface area contributed by atoms with Crippen molar-refractivity contribution in [2.45, 2.75) is 13.1 Å². The lowest BCUT2D eigenvalue weighted by Crippen LogP contribution is -3.32. The van der Waals surface area contributed by atoms with Gasteiger partial charge in [0.05, 0.1) is 6.04 Å². The minimum absolute atomic E-state index is 1.06. The first kappa shape index (κ1) is 18.6. The van der Waals surface area contributed by atoms with Crippen molar-refractivity contribution in [3.63, 3.8) is 0 Å². The monoisotopic (exact) mass is 394 g/mol. The molecule has 4 heteroatoms. The quantitative estimate of drug-likeness (QED) is 0.628. The van der Waals surface area contributed by atoms with Crippen LogP contribution < -0.4 is 15.1 Å². The summed E-state index contributed by atoms with van der Waals surface area (Å²) in [5.41, 5.74) is 2.81. The lowest BCUT2D eigenvalue weighted by Gasteiger charge is -2.37. The number of benzene rings is 3. The van der Waals surface area contributed by atoms with Gasteiger partial charge in [-0.25, -0.2) is 0 Å². The number of quaternary nitrogens is 2. The van der Waals surface area contributed by atoms with E-state index in [1.54, 1.807) is 9.80 Å². The fraction of sp³-hybridized carbons (Fsp3) is 0.217. The van der Waals surface area contributed by atoms with Gasteiger partial charge in [-0.1, -0.05) is 103 Å². The third-order valence-corrected chi connectivity index (χ3v) is 9.84. The Bertz CT molecular complexity index is 846. The van der Waals surface area contributed by atoms with Crippen LogP contribution in [0.25, 0.3) is 0 Å². The highest BCUT2D eigenvalue weighted by Gasteiger charge is 2.37. The van der Waals surface area contributed by atoms with Gasteiger partial charge in [-0.3, -0.25) is 9.80 Å². The van der Waals surface area contributed by atoms with Crippen LogP contribution in [0.2, 0.25) is 0 Å². The van der Waals surface area contributed by atoms with Crippen LogP contribution in [0.3, 0.4) is 0 Å². The topological polar surface area (TPSA) is 8.88 Å². The van der Waals surface area contributed by atoms with E-state index < -0.39 is 6.04 Å². The normalized spacial score (nSPS) is 25.2. The first-order valence-corrected chi connectivity index (χ1v) is 12.8. The van der Waals surface area contributed by atoms with E-state index in [4.69, 9.17) is 11.8 Å². The Morgan fingerprint density at radius 2 is 1.04 bits per heavy atom. The molecular formula is C23H27N2PS+2. The highest BCUT2D eigenvalue weighted by Crippen LogP contribution is 2.41. The molecule has 0 amide bonds. The van der Waals surface area contributed by atoms with Crippen molar-refractivity contribution >= 4 is 23.1 Å².